The van der Waals surface area contributed by atoms with E-state index in [1.165, 1.54) is 31.4 Å². The third-order valence-corrected chi connectivity index (χ3v) is 5.94. The molecule has 0 aliphatic heterocycles. The van der Waals surface area contributed by atoms with Crippen molar-refractivity contribution in [3.8, 4) is 5.69 Å². The Morgan fingerprint density at radius 2 is 1.72 bits per heavy atom. The van der Waals surface area contributed by atoms with Crippen molar-refractivity contribution in [1.82, 2.24) is 14.5 Å². The van der Waals surface area contributed by atoms with Gasteiger partial charge in [-0.05, 0) is 68.4 Å². The molecule has 0 bridgehead atoms. The quantitative estimate of drug-likeness (QED) is 0.527. The topological polar surface area (TPSA) is 24.3 Å². The van der Waals surface area contributed by atoms with Gasteiger partial charge in [-0.15, -0.1) is 0 Å². The van der Waals surface area contributed by atoms with Crippen LogP contribution in [0.3, 0.4) is 0 Å². The van der Waals surface area contributed by atoms with Crippen molar-refractivity contribution in [3.05, 3.63) is 77.1 Å². The van der Waals surface area contributed by atoms with Gasteiger partial charge in [0.2, 0.25) is 0 Å². The predicted octanol–water partition coefficient (Wildman–Crippen LogP) is 5.29. The van der Waals surface area contributed by atoms with E-state index in [9.17, 15) is 4.39 Å². The van der Waals surface area contributed by atoms with Crippen LogP contribution in [0.1, 0.15) is 30.8 Å². The van der Waals surface area contributed by atoms with Gasteiger partial charge in [0, 0.05) is 42.2 Å². The van der Waals surface area contributed by atoms with Crippen molar-refractivity contribution < 1.29 is 4.39 Å². The molecule has 6 heteroatoms. The number of anilines is 1. The molecule has 0 amide bonds. The molecule has 4 rings (SSSR count). The highest BCUT2D eigenvalue weighted by molar-refractivity contribution is 6.30. The first kappa shape index (κ1) is 19.9. The number of halogens is 2. The molecule has 0 N–H and O–H groups in total. The fourth-order valence-corrected chi connectivity index (χ4v) is 3.82. The zero-order chi connectivity index (χ0) is 20.4. The Kier molecular flexibility index (Phi) is 5.88. The fraction of sp³-hybridized carbons (Fsp3) is 0.348. The third kappa shape index (κ3) is 4.62. The lowest BCUT2D eigenvalue weighted by Crippen LogP contribution is -2.36. The fourth-order valence-electron chi connectivity index (χ4n) is 3.70. The Labute approximate surface area is 176 Å². The molecule has 0 saturated heterocycles. The number of benzene rings is 2. The van der Waals surface area contributed by atoms with Crippen molar-refractivity contribution in [1.29, 1.82) is 0 Å². The second-order valence-electron chi connectivity index (χ2n) is 7.83. The van der Waals surface area contributed by atoms with E-state index >= 15 is 0 Å². The minimum atomic E-state index is -0.230. The number of hydrogen-bond donors (Lipinski definition) is 0. The molecule has 0 atom stereocenters. The molecule has 1 heterocycles. The van der Waals surface area contributed by atoms with Gasteiger partial charge < -0.3 is 9.47 Å². The van der Waals surface area contributed by atoms with Crippen molar-refractivity contribution in [2.24, 2.45) is 0 Å². The minimum absolute atomic E-state index is 0.230. The molecule has 152 valence electrons. The first-order valence-corrected chi connectivity index (χ1v) is 10.4. The van der Waals surface area contributed by atoms with Gasteiger partial charge in [-0.25, -0.2) is 9.37 Å². The summed E-state index contributed by atoms with van der Waals surface area (Å²) in [6.45, 7) is 1.44. The molecule has 0 spiro atoms. The van der Waals surface area contributed by atoms with E-state index in [4.69, 9.17) is 16.6 Å². The largest absolute Gasteiger partial charge is 0.367 e. The van der Waals surface area contributed by atoms with Crippen LogP contribution < -0.4 is 4.90 Å². The molecular weight excluding hydrogens is 387 g/mol. The minimum Gasteiger partial charge on any atom is -0.367 e. The summed E-state index contributed by atoms with van der Waals surface area (Å²) in [5, 5.41) is 0.712. The van der Waals surface area contributed by atoms with Crippen molar-refractivity contribution in [2.75, 3.05) is 19.0 Å². The summed E-state index contributed by atoms with van der Waals surface area (Å²) in [4.78, 5) is 9.42. The first-order valence-electron chi connectivity index (χ1n) is 9.99. The molecule has 1 fully saturated rings. The zero-order valence-corrected chi connectivity index (χ0v) is 17.6. The lowest BCUT2D eigenvalue weighted by Gasteiger charge is -2.34. The van der Waals surface area contributed by atoms with Crippen LogP contribution in [0.4, 0.5) is 10.1 Å². The molecule has 29 heavy (non-hydrogen) atoms. The lowest BCUT2D eigenvalue weighted by molar-refractivity contribution is 0.151. The molecule has 1 saturated carbocycles. The van der Waals surface area contributed by atoms with Crippen LogP contribution in [0.5, 0.6) is 0 Å². The standard InChI is InChI=1S/C23H26ClFN4/c1-27(20-4-3-5-20)14-19-15-29(22-10-6-17(24)7-11-22)23(26-19)16-28(2)21-12-8-18(25)9-13-21/h6-13,15,20H,3-5,14,16H2,1-2H3. The number of nitrogens with zero attached hydrogens (tertiary/aromatic N) is 4. The van der Waals surface area contributed by atoms with E-state index < -0.39 is 0 Å². The summed E-state index contributed by atoms with van der Waals surface area (Å²) in [6, 6.07) is 15.0. The lowest BCUT2D eigenvalue weighted by atomic mass is 9.92. The maximum atomic E-state index is 13.3. The van der Waals surface area contributed by atoms with E-state index in [1.54, 1.807) is 12.1 Å². The van der Waals surface area contributed by atoms with Gasteiger partial charge in [-0.2, -0.15) is 0 Å². The van der Waals surface area contributed by atoms with Crippen LogP contribution in [0.25, 0.3) is 5.69 Å². The Morgan fingerprint density at radius 1 is 1.03 bits per heavy atom. The van der Waals surface area contributed by atoms with Crippen LogP contribution in [-0.4, -0.2) is 34.6 Å². The number of rotatable bonds is 7. The summed E-state index contributed by atoms with van der Waals surface area (Å²) >= 11 is 6.08. The highest BCUT2D eigenvalue weighted by atomic mass is 35.5. The highest BCUT2D eigenvalue weighted by Crippen LogP contribution is 2.26. The van der Waals surface area contributed by atoms with Crippen LogP contribution in [-0.2, 0) is 13.1 Å². The van der Waals surface area contributed by atoms with E-state index in [2.05, 4.69) is 27.6 Å². The number of imidazole rings is 1. The maximum absolute atomic E-state index is 13.3. The van der Waals surface area contributed by atoms with Gasteiger partial charge >= 0.3 is 0 Å². The van der Waals surface area contributed by atoms with Gasteiger partial charge in [0.1, 0.15) is 11.6 Å². The van der Waals surface area contributed by atoms with E-state index in [-0.39, 0.29) is 5.82 Å². The molecule has 1 aliphatic carbocycles. The third-order valence-electron chi connectivity index (χ3n) is 5.69. The Hall–Kier alpha value is -2.37. The van der Waals surface area contributed by atoms with Gasteiger partial charge in [-0.1, -0.05) is 18.0 Å². The van der Waals surface area contributed by atoms with Crippen LogP contribution >= 0.6 is 11.6 Å². The van der Waals surface area contributed by atoms with Crippen molar-refractivity contribution in [3.63, 3.8) is 0 Å². The Balaban J connectivity index is 1.60. The summed E-state index contributed by atoms with van der Waals surface area (Å²) in [5.41, 5.74) is 3.03. The van der Waals surface area contributed by atoms with Crippen LogP contribution in [0, 0.1) is 5.82 Å². The second-order valence-corrected chi connectivity index (χ2v) is 8.26. The van der Waals surface area contributed by atoms with Crippen molar-refractivity contribution in [2.45, 2.75) is 38.4 Å². The van der Waals surface area contributed by atoms with E-state index in [0.717, 1.165) is 29.4 Å². The average Bonchev–Trinajstić information content (AvgIpc) is 3.03. The summed E-state index contributed by atoms with van der Waals surface area (Å²) < 4.78 is 15.4. The molecule has 0 radical (unpaired) electrons. The molecule has 4 nitrogen and oxygen atoms in total. The Morgan fingerprint density at radius 3 is 2.34 bits per heavy atom. The van der Waals surface area contributed by atoms with E-state index in [1.807, 2.05) is 31.3 Å². The van der Waals surface area contributed by atoms with Crippen LogP contribution in [0.2, 0.25) is 5.02 Å². The molecule has 2 aromatic carbocycles. The van der Waals surface area contributed by atoms with Gasteiger partial charge in [-0.3, -0.25) is 4.90 Å². The Bertz CT molecular complexity index is 948. The second kappa shape index (κ2) is 8.56. The smallest absolute Gasteiger partial charge is 0.133 e. The summed E-state index contributed by atoms with van der Waals surface area (Å²) in [5.74, 6) is 0.710. The van der Waals surface area contributed by atoms with Crippen LogP contribution in [0.15, 0.2) is 54.7 Å². The SMILES string of the molecule is CN(Cc1nc(CN(C)C2CCC2)cn1-c1ccc(Cl)cc1)c1ccc(F)cc1. The molecular formula is C23H26ClFN4. The van der Waals surface area contributed by atoms with Crippen molar-refractivity contribution >= 4 is 17.3 Å². The monoisotopic (exact) mass is 412 g/mol. The van der Waals surface area contributed by atoms with Gasteiger partial charge in [0.05, 0.1) is 12.2 Å². The van der Waals surface area contributed by atoms with E-state index in [0.29, 0.717) is 17.6 Å². The normalized spacial score (nSPS) is 14.2. The predicted molar refractivity (Wildman–Crippen MR) is 116 cm³/mol. The summed E-state index contributed by atoms with van der Waals surface area (Å²) in [6.07, 6.45) is 5.98. The van der Waals surface area contributed by atoms with Gasteiger partial charge in [0.15, 0.2) is 0 Å². The number of aromatic nitrogens is 2. The molecule has 0 unspecified atom stereocenters. The molecule has 1 aliphatic rings. The first-order chi connectivity index (χ1) is 14.0. The maximum Gasteiger partial charge on any atom is 0.133 e. The molecule has 1 aromatic heterocycles. The molecule has 3 aromatic rings. The van der Waals surface area contributed by atoms with Gasteiger partial charge in [0.25, 0.3) is 0 Å². The highest BCUT2D eigenvalue weighted by Gasteiger charge is 2.23. The summed E-state index contributed by atoms with van der Waals surface area (Å²) in [7, 11) is 4.17. The average molecular weight is 413 g/mol. The number of hydrogen-bond acceptors (Lipinski definition) is 3. The zero-order valence-electron chi connectivity index (χ0n) is 16.9.